The second kappa shape index (κ2) is 8.90. The van der Waals surface area contributed by atoms with Crippen LogP contribution in [0.1, 0.15) is 22.3 Å². The molecule has 0 fully saturated rings. The van der Waals surface area contributed by atoms with Crippen LogP contribution in [-0.2, 0) is 16.0 Å². The van der Waals surface area contributed by atoms with Gasteiger partial charge in [0, 0.05) is 6.54 Å². The highest BCUT2D eigenvalue weighted by molar-refractivity contribution is 5.96. The van der Waals surface area contributed by atoms with Crippen LogP contribution in [0.4, 0.5) is 13.2 Å². The average molecular weight is 362 g/mol. The second-order valence-corrected chi connectivity index (χ2v) is 5.00. The van der Waals surface area contributed by atoms with Gasteiger partial charge in [0.25, 0.3) is 0 Å². The maximum absolute atomic E-state index is 11.9. The summed E-state index contributed by atoms with van der Waals surface area (Å²) < 4.78 is 40.9. The number of carboxylic acid groups (broad SMARTS) is 1. The zero-order valence-electron chi connectivity index (χ0n) is 13.3. The first kappa shape index (κ1) is 20.3. The summed E-state index contributed by atoms with van der Waals surface area (Å²) >= 11 is 0. The molecule has 2 amide bonds. The van der Waals surface area contributed by atoms with Crippen LogP contribution in [0.3, 0.4) is 0 Å². The van der Waals surface area contributed by atoms with Crippen LogP contribution < -0.4 is 15.4 Å². The van der Waals surface area contributed by atoms with E-state index in [0.717, 1.165) is 0 Å². The molecule has 0 atom stereocenters. The van der Waals surface area contributed by atoms with Crippen LogP contribution in [0.2, 0.25) is 0 Å². The number of hydrogen-bond acceptors (Lipinski definition) is 4. The predicted octanol–water partition coefficient (Wildman–Crippen LogP) is 1.12. The lowest BCUT2D eigenvalue weighted by atomic mass is 10.1. The Labute approximate surface area is 141 Å². The SMILES string of the molecule is COc1cc(C(=O)O)ccc1CCNC(=O)CC(=O)NCC(F)(F)F. The van der Waals surface area contributed by atoms with Crippen molar-refractivity contribution in [3.63, 3.8) is 0 Å². The molecule has 25 heavy (non-hydrogen) atoms. The van der Waals surface area contributed by atoms with E-state index in [2.05, 4.69) is 5.32 Å². The van der Waals surface area contributed by atoms with Gasteiger partial charge in [0.05, 0.1) is 12.7 Å². The smallest absolute Gasteiger partial charge is 0.405 e. The topological polar surface area (TPSA) is 105 Å². The fourth-order valence-corrected chi connectivity index (χ4v) is 1.89. The largest absolute Gasteiger partial charge is 0.496 e. The maximum Gasteiger partial charge on any atom is 0.405 e. The predicted molar refractivity (Wildman–Crippen MR) is 80.3 cm³/mol. The monoisotopic (exact) mass is 362 g/mol. The van der Waals surface area contributed by atoms with Gasteiger partial charge in [-0.2, -0.15) is 13.2 Å². The van der Waals surface area contributed by atoms with E-state index < -0.39 is 36.9 Å². The van der Waals surface area contributed by atoms with E-state index >= 15 is 0 Å². The number of benzene rings is 1. The van der Waals surface area contributed by atoms with Crippen molar-refractivity contribution in [3.8, 4) is 5.75 Å². The third-order valence-corrected chi connectivity index (χ3v) is 3.06. The quantitative estimate of drug-likeness (QED) is 0.601. The number of carbonyl (C=O) groups excluding carboxylic acids is 2. The number of methoxy groups -OCH3 is 1. The molecule has 10 heteroatoms. The molecule has 0 saturated heterocycles. The summed E-state index contributed by atoms with van der Waals surface area (Å²) in [6.07, 6.45) is -4.96. The first-order valence-electron chi connectivity index (χ1n) is 7.12. The van der Waals surface area contributed by atoms with Crippen molar-refractivity contribution in [2.45, 2.75) is 19.0 Å². The number of hydrogen-bond donors (Lipinski definition) is 3. The van der Waals surface area contributed by atoms with E-state index in [0.29, 0.717) is 17.7 Å². The van der Waals surface area contributed by atoms with E-state index in [4.69, 9.17) is 9.84 Å². The molecule has 3 N–H and O–H groups in total. The minimum absolute atomic E-state index is 0.0472. The van der Waals surface area contributed by atoms with Gasteiger partial charge in [-0.05, 0) is 24.1 Å². The average Bonchev–Trinajstić information content (AvgIpc) is 2.52. The standard InChI is InChI=1S/C15H17F3N2O5/c1-25-11-6-10(14(23)24)3-2-9(11)4-5-19-12(21)7-13(22)20-8-15(16,17)18/h2-3,6H,4-5,7-8H2,1H3,(H,19,21)(H,20,22)(H,23,24). The fourth-order valence-electron chi connectivity index (χ4n) is 1.89. The van der Waals surface area contributed by atoms with Crippen molar-refractivity contribution in [1.29, 1.82) is 0 Å². The highest BCUT2D eigenvalue weighted by Crippen LogP contribution is 2.20. The molecule has 7 nitrogen and oxygen atoms in total. The molecule has 0 aliphatic carbocycles. The molecular weight excluding hydrogens is 345 g/mol. The normalized spacial score (nSPS) is 10.9. The lowest BCUT2D eigenvalue weighted by molar-refractivity contribution is -0.140. The van der Waals surface area contributed by atoms with Crippen LogP contribution in [0.5, 0.6) is 5.75 Å². The minimum Gasteiger partial charge on any atom is -0.496 e. The summed E-state index contributed by atoms with van der Waals surface area (Å²) in [5.74, 6) is -2.53. The third-order valence-electron chi connectivity index (χ3n) is 3.06. The number of nitrogens with one attached hydrogen (secondary N) is 2. The Morgan fingerprint density at radius 3 is 2.36 bits per heavy atom. The Hall–Kier alpha value is -2.78. The van der Waals surface area contributed by atoms with Gasteiger partial charge >= 0.3 is 12.1 Å². The molecule has 0 aromatic heterocycles. The van der Waals surface area contributed by atoms with E-state index in [1.807, 2.05) is 0 Å². The zero-order valence-corrected chi connectivity index (χ0v) is 13.3. The number of halogens is 3. The number of alkyl halides is 3. The number of ether oxygens (including phenoxy) is 1. The van der Waals surface area contributed by atoms with Crippen molar-refractivity contribution < 1.29 is 37.4 Å². The Balaban J connectivity index is 2.45. The molecule has 0 bridgehead atoms. The van der Waals surface area contributed by atoms with Gasteiger partial charge in [-0.25, -0.2) is 4.79 Å². The number of carbonyl (C=O) groups is 3. The Morgan fingerprint density at radius 2 is 1.80 bits per heavy atom. The molecule has 1 aromatic rings. The van der Waals surface area contributed by atoms with Crippen LogP contribution in [0.15, 0.2) is 18.2 Å². The molecule has 0 spiro atoms. The Bertz CT molecular complexity index is 647. The van der Waals surface area contributed by atoms with Gasteiger partial charge in [0.15, 0.2) is 0 Å². The lowest BCUT2D eigenvalue weighted by Crippen LogP contribution is -2.37. The summed E-state index contributed by atoms with van der Waals surface area (Å²) in [7, 11) is 1.37. The molecule has 0 saturated carbocycles. The number of carboxylic acids is 1. The molecule has 1 aromatic carbocycles. The molecule has 138 valence electrons. The van der Waals surface area contributed by atoms with Crippen molar-refractivity contribution >= 4 is 17.8 Å². The molecule has 0 unspecified atom stereocenters. The number of amides is 2. The van der Waals surface area contributed by atoms with Gasteiger partial charge < -0.3 is 20.5 Å². The van der Waals surface area contributed by atoms with E-state index in [1.54, 1.807) is 5.32 Å². The third kappa shape index (κ3) is 7.55. The first-order chi connectivity index (χ1) is 11.6. The van der Waals surface area contributed by atoms with Crippen molar-refractivity contribution in [2.24, 2.45) is 0 Å². The lowest BCUT2D eigenvalue weighted by Gasteiger charge is -2.11. The van der Waals surface area contributed by atoms with Gasteiger partial charge in [0.1, 0.15) is 18.7 Å². The molecule has 0 heterocycles. The fraction of sp³-hybridized carbons (Fsp3) is 0.400. The summed E-state index contributed by atoms with van der Waals surface area (Å²) in [5.41, 5.74) is 0.681. The summed E-state index contributed by atoms with van der Waals surface area (Å²) in [6.45, 7) is -1.39. The second-order valence-electron chi connectivity index (χ2n) is 5.00. The van der Waals surface area contributed by atoms with Gasteiger partial charge in [-0.3, -0.25) is 9.59 Å². The summed E-state index contributed by atoms with van der Waals surface area (Å²) in [5, 5.41) is 12.9. The number of aromatic carboxylic acids is 1. The molecule has 0 aliphatic rings. The Morgan fingerprint density at radius 1 is 1.16 bits per heavy atom. The van der Waals surface area contributed by atoms with Crippen molar-refractivity contribution in [1.82, 2.24) is 10.6 Å². The van der Waals surface area contributed by atoms with Gasteiger partial charge in [-0.15, -0.1) is 0 Å². The molecule has 0 aliphatic heterocycles. The molecular formula is C15H17F3N2O5. The highest BCUT2D eigenvalue weighted by atomic mass is 19.4. The Kier molecular flexibility index (Phi) is 7.22. The van der Waals surface area contributed by atoms with Gasteiger partial charge in [-0.1, -0.05) is 6.07 Å². The molecule has 1 rings (SSSR count). The van der Waals surface area contributed by atoms with E-state index in [9.17, 15) is 27.6 Å². The highest BCUT2D eigenvalue weighted by Gasteiger charge is 2.27. The minimum atomic E-state index is -4.54. The van der Waals surface area contributed by atoms with Crippen molar-refractivity contribution in [2.75, 3.05) is 20.2 Å². The van der Waals surface area contributed by atoms with E-state index in [1.165, 1.54) is 25.3 Å². The van der Waals surface area contributed by atoms with Crippen LogP contribution >= 0.6 is 0 Å². The van der Waals surface area contributed by atoms with Gasteiger partial charge in [0.2, 0.25) is 11.8 Å². The van der Waals surface area contributed by atoms with Crippen LogP contribution in [0.25, 0.3) is 0 Å². The summed E-state index contributed by atoms with van der Waals surface area (Å²) in [4.78, 5) is 33.6. The molecule has 0 radical (unpaired) electrons. The van der Waals surface area contributed by atoms with Crippen LogP contribution in [-0.4, -0.2) is 49.3 Å². The first-order valence-corrected chi connectivity index (χ1v) is 7.12. The maximum atomic E-state index is 11.9. The number of rotatable bonds is 8. The van der Waals surface area contributed by atoms with Crippen molar-refractivity contribution in [3.05, 3.63) is 29.3 Å². The summed E-state index contributed by atoms with van der Waals surface area (Å²) in [6, 6.07) is 4.25. The van der Waals surface area contributed by atoms with Crippen LogP contribution in [0, 0.1) is 0 Å². The zero-order chi connectivity index (χ0) is 19.0. The van der Waals surface area contributed by atoms with E-state index in [-0.39, 0.29) is 12.1 Å².